The summed E-state index contributed by atoms with van der Waals surface area (Å²) >= 11 is 5.81. The molecule has 0 spiro atoms. The Morgan fingerprint density at radius 1 is 1.03 bits per heavy atom. The summed E-state index contributed by atoms with van der Waals surface area (Å²) in [6.07, 6.45) is 1.18. The van der Waals surface area contributed by atoms with Crippen molar-refractivity contribution in [2.45, 2.75) is 13.3 Å². The predicted octanol–water partition coefficient (Wildman–Crippen LogP) is 4.37. The summed E-state index contributed by atoms with van der Waals surface area (Å²) < 4.78 is 5.66. The van der Waals surface area contributed by atoms with E-state index in [-0.39, 0.29) is 6.42 Å². The second-order valence-electron chi connectivity index (χ2n) is 6.16. The fourth-order valence-electron chi connectivity index (χ4n) is 2.78. The van der Waals surface area contributed by atoms with Gasteiger partial charge in [0.25, 0.3) is 0 Å². The number of halogens is 1. The van der Waals surface area contributed by atoms with Gasteiger partial charge in [-0.3, -0.25) is 9.59 Å². The van der Waals surface area contributed by atoms with Crippen LogP contribution in [0.2, 0.25) is 5.02 Å². The first-order chi connectivity index (χ1) is 14.1. The van der Waals surface area contributed by atoms with E-state index >= 15 is 0 Å². The van der Waals surface area contributed by atoms with Gasteiger partial charge in [0.2, 0.25) is 11.8 Å². The molecule has 3 aromatic carbocycles. The zero-order chi connectivity index (χ0) is 20.6. The number of hydrogen-bond acceptors (Lipinski definition) is 4. The maximum atomic E-state index is 12.0. The van der Waals surface area contributed by atoms with Crippen molar-refractivity contribution in [3.63, 3.8) is 0 Å². The highest BCUT2D eigenvalue weighted by Gasteiger charge is 2.10. The van der Waals surface area contributed by atoms with Crippen LogP contribution in [-0.2, 0) is 9.59 Å². The minimum absolute atomic E-state index is 0.353. The summed E-state index contributed by atoms with van der Waals surface area (Å²) in [6, 6.07) is 18.3. The van der Waals surface area contributed by atoms with E-state index in [9.17, 15) is 9.59 Å². The minimum Gasteiger partial charge on any atom is -0.493 e. The molecule has 0 aliphatic rings. The van der Waals surface area contributed by atoms with Crippen molar-refractivity contribution >= 4 is 46.1 Å². The van der Waals surface area contributed by atoms with Gasteiger partial charge in [0.05, 0.1) is 12.8 Å². The van der Waals surface area contributed by atoms with E-state index in [0.717, 1.165) is 16.3 Å². The van der Waals surface area contributed by atoms with Crippen molar-refractivity contribution < 1.29 is 14.3 Å². The Morgan fingerprint density at radius 2 is 1.79 bits per heavy atom. The predicted molar refractivity (Wildman–Crippen MR) is 116 cm³/mol. The zero-order valence-electron chi connectivity index (χ0n) is 15.8. The molecule has 0 aliphatic heterocycles. The molecule has 0 aromatic heterocycles. The first kappa shape index (κ1) is 20.4. The number of fused-ring (bicyclic) bond motifs is 1. The molecule has 0 heterocycles. The van der Waals surface area contributed by atoms with Gasteiger partial charge in [0.1, 0.15) is 12.2 Å². The third kappa shape index (κ3) is 5.56. The molecule has 0 saturated carbocycles. The standard InChI is InChI=1S/C22H20ClN3O3/c1-2-29-20-12-7-15-5-3-4-6-18(15)19(20)14-24-26-22(28)13-21(27)25-17-10-8-16(23)9-11-17/h3-12,14H,2,13H2,1H3,(H,25,27)(H,26,28). The van der Waals surface area contributed by atoms with E-state index in [1.807, 2.05) is 43.3 Å². The SMILES string of the molecule is CCOc1ccc2ccccc2c1C=NNC(=O)CC(=O)Nc1ccc(Cl)cc1. The van der Waals surface area contributed by atoms with Gasteiger partial charge in [-0.1, -0.05) is 41.9 Å². The maximum absolute atomic E-state index is 12.0. The molecule has 0 radical (unpaired) electrons. The summed E-state index contributed by atoms with van der Waals surface area (Å²) in [5.41, 5.74) is 3.71. The average Bonchev–Trinajstić information content (AvgIpc) is 2.71. The molecule has 7 heteroatoms. The topological polar surface area (TPSA) is 79.8 Å². The van der Waals surface area contributed by atoms with Crippen molar-refractivity contribution in [2.24, 2.45) is 5.10 Å². The average molecular weight is 410 g/mol. The molecular formula is C22H20ClN3O3. The Balaban J connectivity index is 1.64. The van der Waals surface area contributed by atoms with Crippen LogP contribution >= 0.6 is 11.6 Å². The molecule has 148 valence electrons. The van der Waals surface area contributed by atoms with Gasteiger partial charge in [-0.2, -0.15) is 5.10 Å². The Kier molecular flexibility index (Phi) is 6.81. The molecule has 6 nitrogen and oxygen atoms in total. The maximum Gasteiger partial charge on any atom is 0.249 e. The first-order valence-electron chi connectivity index (χ1n) is 9.08. The number of hydrazone groups is 1. The van der Waals surface area contributed by atoms with Crippen molar-refractivity contribution in [3.8, 4) is 5.75 Å². The van der Waals surface area contributed by atoms with Gasteiger partial charge in [-0.05, 0) is 48.0 Å². The van der Waals surface area contributed by atoms with Gasteiger partial charge in [-0.25, -0.2) is 5.43 Å². The molecule has 29 heavy (non-hydrogen) atoms. The van der Waals surface area contributed by atoms with E-state index in [1.165, 1.54) is 6.21 Å². The normalized spacial score (nSPS) is 10.8. The number of anilines is 1. The molecular weight excluding hydrogens is 390 g/mol. The lowest BCUT2D eigenvalue weighted by atomic mass is 10.0. The number of benzene rings is 3. The van der Waals surface area contributed by atoms with Crippen LogP contribution in [-0.4, -0.2) is 24.6 Å². The zero-order valence-corrected chi connectivity index (χ0v) is 16.6. The van der Waals surface area contributed by atoms with Crippen LogP contribution in [0.1, 0.15) is 18.9 Å². The molecule has 3 rings (SSSR count). The van der Waals surface area contributed by atoms with E-state index in [1.54, 1.807) is 24.3 Å². The quantitative estimate of drug-likeness (QED) is 0.345. The molecule has 2 amide bonds. The summed E-state index contributed by atoms with van der Waals surface area (Å²) in [6.45, 7) is 2.41. The molecule has 2 N–H and O–H groups in total. The van der Waals surface area contributed by atoms with Crippen LogP contribution in [0.3, 0.4) is 0 Å². The van der Waals surface area contributed by atoms with Crippen LogP contribution in [0.5, 0.6) is 5.75 Å². The van der Waals surface area contributed by atoms with Crippen LogP contribution < -0.4 is 15.5 Å². The van der Waals surface area contributed by atoms with Gasteiger partial charge in [0.15, 0.2) is 0 Å². The fourth-order valence-corrected chi connectivity index (χ4v) is 2.91. The number of rotatable bonds is 7. The van der Waals surface area contributed by atoms with E-state index in [2.05, 4.69) is 15.8 Å². The van der Waals surface area contributed by atoms with Crippen LogP contribution in [0, 0.1) is 0 Å². The third-order valence-electron chi connectivity index (χ3n) is 4.06. The summed E-state index contributed by atoms with van der Waals surface area (Å²) in [7, 11) is 0. The Morgan fingerprint density at radius 3 is 2.55 bits per heavy atom. The Labute approximate surface area is 173 Å². The van der Waals surface area contributed by atoms with Gasteiger partial charge in [0, 0.05) is 16.3 Å². The third-order valence-corrected chi connectivity index (χ3v) is 4.31. The Bertz CT molecular complexity index is 1050. The molecule has 0 unspecified atom stereocenters. The molecule has 0 aliphatic carbocycles. The molecule has 3 aromatic rings. The Hall–Kier alpha value is -3.38. The van der Waals surface area contributed by atoms with Gasteiger partial charge in [-0.15, -0.1) is 0 Å². The molecule has 0 saturated heterocycles. The lowest BCUT2D eigenvalue weighted by Crippen LogP contribution is -2.24. The number of carbonyl (C=O) groups excluding carboxylic acids is 2. The minimum atomic E-state index is -0.522. The number of ether oxygens (including phenoxy) is 1. The van der Waals surface area contributed by atoms with Crippen LogP contribution in [0.25, 0.3) is 10.8 Å². The lowest BCUT2D eigenvalue weighted by molar-refractivity contribution is -0.126. The van der Waals surface area contributed by atoms with E-state index in [4.69, 9.17) is 16.3 Å². The second kappa shape index (κ2) is 9.71. The van der Waals surface area contributed by atoms with Crippen molar-refractivity contribution in [2.75, 3.05) is 11.9 Å². The van der Waals surface area contributed by atoms with Crippen molar-refractivity contribution in [1.29, 1.82) is 0 Å². The molecule has 0 bridgehead atoms. The fraction of sp³-hybridized carbons (Fsp3) is 0.136. The highest BCUT2D eigenvalue weighted by atomic mass is 35.5. The summed E-state index contributed by atoms with van der Waals surface area (Å²) in [5.74, 6) is -0.296. The molecule has 0 fully saturated rings. The van der Waals surface area contributed by atoms with Gasteiger partial charge >= 0.3 is 0 Å². The molecule has 0 atom stereocenters. The number of amides is 2. The van der Waals surface area contributed by atoms with Gasteiger partial charge < -0.3 is 10.1 Å². The van der Waals surface area contributed by atoms with Crippen molar-refractivity contribution in [3.05, 3.63) is 71.2 Å². The lowest BCUT2D eigenvalue weighted by Gasteiger charge is -2.10. The number of nitrogens with one attached hydrogen (secondary N) is 2. The number of nitrogens with zero attached hydrogens (tertiary/aromatic N) is 1. The number of carbonyl (C=O) groups is 2. The highest BCUT2D eigenvalue weighted by Crippen LogP contribution is 2.26. The monoisotopic (exact) mass is 409 g/mol. The van der Waals surface area contributed by atoms with E-state index < -0.39 is 11.8 Å². The van der Waals surface area contributed by atoms with E-state index in [0.29, 0.717) is 23.1 Å². The summed E-state index contributed by atoms with van der Waals surface area (Å²) in [4.78, 5) is 24.0. The first-order valence-corrected chi connectivity index (χ1v) is 9.46. The number of hydrogen-bond donors (Lipinski definition) is 2. The second-order valence-corrected chi connectivity index (χ2v) is 6.59. The summed E-state index contributed by atoms with van der Waals surface area (Å²) in [5, 5.41) is 9.19. The smallest absolute Gasteiger partial charge is 0.249 e. The van der Waals surface area contributed by atoms with Crippen molar-refractivity contribution in [1.82, 2.24) is 5.43 Å². The largest absolute Gasteiger partial charge is 0.493 e. The van der Waals surface area contributed by atoms with Crippen LogP contribution in [0.4, 0.5) is 5.69 Å². The highest BCUT2D eigenvalue weighted by molar-refractivity contribution is 6.30. The van der Waals surface area contributed by atoms with Crippen LogP contribution in [0.15, 0.2) is 65.8 Å².